The van der Waals surface area contributed by atoms with Crippen LogP contribution in [0.4, 0.5) is 5.69 Å². The molecule has 0 bridgehead atoms. The smallest absolute Gasteiger partial charge is 0.261 e. The molecule has 1 unspecified atom stereocenters. The third-order valence-corrected chi connectivity index (χ3v) is 6.35. The first-order valence-electron chi connectivity index (χ1n) is 9.84. The van der Waals surface area contributed by atoms with Crippen LogP contribution in [0.15, 0.2) is 53.4 Å². The van der Waals surface area contributed by atoms with E-state index in [0.29, 0.717) is 29.3 Å². The van der Waals surface area contributed by atoms with E-state index in [9.17, 15) is 13.2 Å². The van der Waals surface area contributed by atoms with E-state index in [-0.39, 0.29) is 10.8 Å². The molecule has 2 N–H and O–H groups in total. The quantitative estimate of drug-likeness (QED) is 0.603. The molecule has 0 aliphatic rings. The van der Waals surface area contributed by atoms with Crippen molar-refractivity contribution in [2.75, 3.05) is 11.3 Å². The van der Waals surface area contributed by atoms with E-state index in [0.717, 1.165) is 25.7 Å². The average molecular weight is 403 g/mol. The van der Waals surface area contributed by atoms with E-state index in [1.54, 1.807) is 43.3 Å². The lowest BCUT2D eigenvalue weighted by Gasteiger charge is -2.17. The van der Waals surface area contributed by atoms with Crippen molar-refractivity contribution < 1.29 is 13.2 Å². The molecule has 1 atom stereocenters. The molecule has 2 rings (SSSR count). The summed E-state index contributed by atoms with van der Waals surface area (Å²) in [5, 5.41) is 3.01. The molecule has 6 heteroatoms. The fraction of sp³-hybridized carbons (Fsp3) is 0.409. The van der Waals surface area contributed by atoms with Gasteiger partial charge in [0.1, 0.15) is 0 Å². The van der Waals surface area contributed by atoms with Crippen LogP contribution in [0.1, 0.15) is 55.5 Å². The molecule has 2 aromatic carbocycles. The summed E-state index contributed by atoms with van der Waals surface area (Å²) in [6.07, 6.45) is 4.43. The molecule has 0 radical (unpaired) electrons. The molecule has 0 aliphatic carbocycles. The van der Waals surface area contributed by atoms with Crippen molar-refractivity contribution in [1.29, 1.82) is 0 Å². The van der Waals surface area contributed by atoms with Gasteiger partial charge >= 0.3 is 0 Å². The summed E-state index contributed by atoms with van der Waals surface area (Å²) < 4.78 is 27.7. The van der Waals surface area contributed by atoms with Crippen LogP contribution < -0.4 is 10.0 Å². The molecular weight excluding hydrogens is 372 g/mol. The van der Waals surface area contributed by atoms with Crippen LogP contribution in [-0.2, 0) is 10.0 Å². The van der Waals surface area contributed by atoms with Crippen molar-refractivity contribution in [3.63, 3.8) is 0 Å². The zero-order valence-corrected chi connectivity index (χ0v) is 17.7. The second-order valence-electron chi connectivity index (χ2n) is 7.02. The van der Waals surface area contributed by atoms with Crippen LogP contribution in [0.2, 0.25) is 0 Å². The van der Waals surface area contributed by atoms with Crippen molar-refractivity contribution in [2.45, 2.75) is 51.3 Å². The summed E-state index contributed by atoms with van der Waals surface area (Å²) in [6.45, 7) is 6.69. The molecule has 0 aromatic heterocycles. The van der Waals surface area contributed by atoms with Crippen LogP contribution in [0.3, 0.4) is 0 Å². The van der Waals surface area contributed by atoms with Crippen molar-refractivity contribution in [3.05, 3.63) is 59.7 Å². The fourth-order valence-electron chi connectivity index (χ4n) is 3.07. The predicted octanol–water partition coefficient (Wildman–Crippen LogP) is 4.74. The highest BCUT2D eigenvalue weighted by Crippen LogP contribution is 2.23. The van der Waals surface area contributed by atoms with E-state index < -0.39 is 10.0 Å². The van der Waals surface area contributed by atoms with Gasteiger partial charge in [0.2, 0.25) is 0 Å². The highest BCUT2D eigenvalue weighted by atomic mass is 32.2. The SMILES string of the molecule is CCCCC(CC)CNC(=O)c1cccc(NS(=O)(=O)c2ccccc2)c1C. The molecule has 0 heterocycles. The Hall–Kier alpha value is -2.34. The van der Waals surface area contributed by atoms with E-state index in [1.165, 1.54) is 12.1 Å². The average Bonchev–Trinajstić information content (AvgIpc) is 2.70. The van der Waals surface area contributed by atoms with Crippen LogP contribution in [0.5, 0.6) is 0 Å². The van der Waals surface area contributed by atoms with Gasteiger partial charge in [0.25, 0.3) is 15.9 Å². The molecule has 0 saturated heterocycles. The molecule has 0 saturated carbocycles. The number of benzene rings is 2. The van der Waals surface area contributed by atoms with Crippen LogP contribution in [0, 0.1) is 12.8 Å². The molecule has 2 aromatic rings. The highest BCUT2D eigenvalue weighted by Gasteiger charge is 2.18. The number of carbonyl (C=O) groups excluding carboxylic acids is 1. The highest BCUT2D eigenvalue weighted by molar-refractivity contribution is 7.92. The van der Waals surface area contributed by atoms with Crippen LogP contribution >= 0.6 is 0 Å². The number of amides is 1. The second kappa shape index (κ2) is 10.3. The number of unbranched alkanes of at least 4 members (excludes halogenated alkanes) is 1. The Morgan fingerprint density at radius 1 is 1.04 bits per heavy atom. The van der Waals surface area contributed by atoms with Gasteiger partial charge in [-0.3, -0.25) is 9.52 Å². The van der Waals surface area contributed by atoms with Gasteiger partial charge in [-0.2, -0.15) is 0 Å². The molecule has 28 heavy (non-hydrogen) atoms. The van der Waals surface area contributed by atoms with Gasteiger partial charge in [-0.05, 0) is 49.1 Å². The standard InChI is InChI=1S/C22H30N2O3S/c1-4-6-11-18(5-2)16-23-22(25)20-14-10-15-21(17(20)3)24-28(26,27)19-12-8-7-9-13-19/h7-10,12-15,18,24H,4-6,11,16H2,1-3H3,(H,23,25). The molecule has 0 aliphatic heterocycles. The largest absolute Gasteiger partial charge is 0.352 e. The molecule has 1 amide bonds. The molecular formula is C22H30N2O3S. The van der Waals surface area contributed by atoms with Crippen LogP contribution in [-0.4, -0.2) is 20.9 Å². The van der Waals surface area contributed by atoms with Gasteiger partial charge in [-0.25, -0.2) is 8.42 Å². The Kier molecular flexibility index (Phi) is 8.05. The molecule has 152 valence electrons. The first-order chi connectivity index (χ1) is 13.4. The number of hydrogen-bond acceptors (Lipinski definition) is 3. The normalized spacial score (nSPS) is 12.4. The van der Waals surface area contributed by atoms with E-state index in [2.05, 4.69) is 23.9 Å². The topological polar surface area (TPSA) is 75.3 Å². The Morgan fingerprint density at radius 2 is 1.75 bits per heavy atom. The van der Waals surface area contributed by atoms with E-state index in [1.807, 2.05) is 0 Å². The van der Waals surface area contributed by atoms with Crippen molar-refractivity contribution in [1.82, 2.24) is 5.32 Å². The maximum absolute atomic E-state index is 12.7. The van der Waals surface area contributed by atoms with E-state index in [4.69, 9.17) is 0 Å². The lowest BCUT2D eigenvalue weighted by atomic mass is 9.99. The number of rotatable bonds is 10. The van der Waals surface area contributed by atoms with Gasteiger partial charge in [-0.1, -0.05) is 57.4 Å². The zero-order valence-electron chi connectivity index (χ0n) is 16.9. The summed E-state index contributed by atoms with van der Waals surface area (Å²) >= 11 is 0. The summed E-state index contributed by atoms with van der Waals surface area (Å²) in [6, 6.07) is 13.3. The summed E-state index contributed by atoms with van der Waals surface area (Å²) in [5.41, 5.74) is 1.51. The van der Waals surface area contributed by atoms with Gasteiger partial charge in [-0.15, -0.1) is 0 Å². The minimum absolute atomic E-state index is 0.173. The minimum Gasteiger partial charge on any atom is -0.352 e. The monoisotopic (exact) mass is 402 g/mol. The zero-order chi connectivity index (χ0) is 20.6. The fourth-order valence-corrected chi connectivity index (χ4v) is 4.22. The molecule has 5 nitrogen and oxygen atoms in total. The van der Waals surface area contributed by atoms with Crippen molar-refractivity contribution in [2.24, 2.45) is 5.92 Å². The van der Waals surface area contributed by atoms with Gasteiger partial charge in [0, 0.05) is 12.1 Å². The van der Waals surface area contributed by atoms with Gasteiger partial charge < -0.3 is 5.32 Å². The summed E-state index contributed by atoms with van der Waals surface area (Å²) in [5.74, 6) is 0.289. The maximum atomic E-state index is 12.7. The third-order valence-electron chi connectivity index (χ3n) is 4.97. The Bertz CT molecular complexity index is 880. The third kappa shape index (κ3) is 5.83. The number of nitrogens with one attached hydrogen (secondary N) is 2. The number of anilines is 1. The maximum Gasteiger partial charge on any atom is 0.261 e. The molecule has 0 fully saturated rings. The van der Waals surface area contributed by atoms with Gasteiger partial charge in [0.05, 0.1) is 10.6 Å². The van der Waals surface area contributed by atoms with Crippen molar-refractivity contribution >= 4 is 21.6 Å². The number of carbonyl (C=O) groups is 1. The number of sulfonamides is 1. The van der Waals surface area contributed by atoms with E-state index >= 15 is 0 Å². The Morgan fingerprint density at radius 3 is 2.39 bits per heavy atom. The minimum atomic E-state index is -3.70. The lowest BCUT2D eigenvalue weighted by Crippen LogP contribution is -2.30. The summed E-state index contributed by atoms with van der Waals surface area (Å²) in [4.78, 5) is 12.8. The van der Waals surface area contributed by atoms with Crippen LogP contribution in [0.25, 0.3) is 0 Å². The molecule has 0 spiro atoms. The predicted molar refractivity (Wildman–Crippen MR) is 114 cm³/mol. The Labute approximate surface area is 168 Å². The Balaban J connectivity index is 2.13. The number of hydrogen-bond donors (Lipinski definition) is 2. The summed E-state index contributed by atoms with van der Waals surface area (Å²) in [7, 11) is -3.70. The lowest BCUT2D eigenvalue weighted by molar-refractivity contribution is 0.0945. The second-order valence-corrected chi connectivity index (χ2v) is 8.71. The first-order valence-corrected chi connectivity index (χ1v) is 11.3. The van der Waals surface area contributed by atoms with Crippen molar-refractivity contribution in [3.8, 4) is 0 Å². The first kappa shape index (κ1) is 22.0. The van der Waals surface area contributed by atoms with Gasteiger partial charge in [0.15, 0.2) is 0 Å².